The molecule has 172 valence electrons. The third-order valence-corrected chi connectivity index (χ3v) is 5.60. The topological polar surface area (TPSA) is 113 Å². The van der Waals surface area contributed by atoms with Crippen LogP contribution < -0.4 is 16.2 Å². The summed E-state index contributed by atoms with van der Waals surface area (Å²) in [5.41, 5.74) is 3.11. The number of carbonyl (C=O) groups excluding carboxylic acids is 2. The quantitative estimate of drug-likeness (QED) is 0.253. The van der Waals surface area contributed by atoms with E-state index in [0.717, 1.165) is 5.69 Å². The van der Waals surface area contributed by atoms with Crippen molar-refractivity contribution in [3.63, 3.8) is 0 Å². The van der Waals surface area contributed by atoms with Crippen LogP contribution in [0, 0.1) is 0 Å². The average molecular weight is 464 g/mol. The van der Waals surface area contributed by atoms with Gasteiger partial charge in [-0.1, -0.05) is 18.2 Å². The zero-order chi connectivity index (χ0) is 24.4. The van der Waals surface area contributed by atoms with Crippen LogP contribution in [-0.2, 0) is 4.74 Å². The zero-order valence-corrected chi connectivity index (χ0v) is 18.7. The summed E-state index contributed by atoms with van der Waals surface area (Å²) in [6.07, 6.45) is 1.59. The molecule has 5 aromatic rings. The molecule has 5 rings (SSSR count). The van der Waals surface area contributed by atoms with Crippen molar-refractivity contribution in [2.24, 2.45) is 0 Å². The molecule has 2 aromatic heterocycles. The summed E-state index contributed by atoms with van der Waals surface area (Å²) >= 11 is 0. The van der Waals surface area contributed by atoms with E-state index in [1.54, 1.807) is 54.7 Å². The van der Waals surface area contributed by atoms with Gasteiger partial charge >= 0.3 is 5.97 Å². The van der Waals surface area contributed by atoms with E-state index in [-0.39, 0.29) is 11.5 Å². The monoisotopic (exact) mass is 464 g/mol. The minimum absolute atomic E-state index is 0.191. The van der Waals surface area contributed by atoms with Crippen molar-refractivity contribution in [1.82, 2.24) is 9.97 Å². The van der Waals surface area contributed by atoms with Gasteiger partial charge in [-0.25, -0.2) is 9.78 Å². The van der Waals surface area contributed by atoms with Gasteiger partial charge in [0.2, 0.25) is 0 Å². The normalized spacial score (nSPS) is 10.8. The number of benzene rings is 3. The number of nitrogens with zero attached hydrogens (tertiary/aromatic N) is 1. The summed E-state index contributed by atoms with van der Waals surface area (Å²) in [6.45, 7) is 0. The number of pyridine rings is 2. The molecule has 1 amide bonds. The Balaban J connectivity index is 1.49. The summed E-state index contributed by atoms with van der Waals surface area (Å²) in [4.78, 5) is 44.2. The first-order chi connectivity index (χ1) is 17.0. The third kappa shape index (κ3) is 4.32. The molecule has 0 bridgehead atoms. The standard InChI is InChI=1S/C27H20N4O4/c1-35-27(34)17-7-12-20-21(15-17)23-22(13-14-28-24(23)31-26(20)33)29-18-8-10-19(11-9-18)30-25(32)16-5-3-2-4-6-16/h2-15H,1H3,(H,30,32)(H2,28,29,31,33). The first-order valence-electron chi connectivity index (χ1n) is 10.8. The van der Waals surface area contributed by atoms with E-state index in [1.165, 1.54) is 7.11 Å². The fraction of sp³-hybridized carbons (Fsp3) is 0.0370. The smallest absolute Gasteiger partial charge is 0.337 e. The van der Waals surface area contributed by atoms with E-state index in [0.29, 0.717) is 44.3 Å². The molecule has 3 N–H and O–H groups in total. The molecular weight excluding hydrogens is 444 g/mol. The summed E-state index contributed by atoms with van der Waals surface area (Å²) in [5.74, 6) is -0.685. The van der Waals surface area contributed by atoms with Crippen molar-refractivity contribution in [1.29, 1.82) is 0 Å². The number of amides is 1. The molecule has 35 heavy (non-hydrogen) atoms. The maximum Gasteiger partial charge on any atom is 0.337 e. The van der Waals surface area contributed by atoms with Crippen LogP contribution >= 0.6 is 0 Å². The van der Waals surface area contributed by atoms with Gasteiger partial charge in [-0.2, -0.15) is 0 Å². The number of aromatic nitrogens is 2. The molecule has 0 saturated heterocycles. The van der Waals surface area contributed by atoms with Gasteiger partial charge in [0.15, 0.2) is 0 Å². The molecule has 0 atom stereocenters. The highest BCUT2D eigenvalue weighted by molar-refractivity contribution is 6.12. The minimum atomic E-state index is -0.494. The predicted molar refractivity (Wildman–Crippen MR) is 135 cm³/mol. The number of aromatic amines is 1. The van der Waals surface area contributed by atoms with Gasteiger partial charge in [-0.05, 0) is 60.7 Å². The van der Waals surface area contributed by atoms with Gasteiger partial charge in [0.05, 0.1) is 18.4 Å². The summed E-state index contributed by atoms with van der Waals surface area (Å²) in [7, 11) is 1.31. The molecule has 0 fully saturated rings. The molecule has 0 spiro atoms. The van der Waals surface area contributed by atoms with Gasteiger partial charge in [0.25, 0.3) is 11.5 Å². The SMILES string of the molecule is COC(=O)c1ccc2c(=O)[nH]c3nccc(Nc4ccc(NC(=O)c5ccccc5)cc4)c3c2c1. The second-order valence-corrected chi connectivity index (χ2v) is 7.81. The molecule has 0 aliphatic heterocycles. The fourth-order valence-corrected chi connectivity index (χ4v) is 3.89. The number of esters is 1. The number of carbonyl (C=O) groups is 2. The summed E-state index contributed by atoms with van der Waals surface area (Å²) in [5, 5.41) is 7.88. The summed E-state index contributed by atoms with van der Waals surface area (Å²) in [6, 6.07) is 22.8. The molecule has 0 radical (unpaired) electrons. The first-order valence-corrected chi connectivity index (χ1v) is 10.8. The molecule has 0 aliphatic rings. The number of anilines is 3. The number of nitrogens with one attached hydrogen (secondary N) is 3. The lowest BCUT2D eigenvalue weighted by Gasteiger charge is -2.13. The van der Waals surface area contributed by atoms with E-state index < -0.39 is 5.97 Å². The minimum Gasteiger partial charge on any atom is -0.465 e. The van der Waals surface area contributed by atoms with Gasteiger partial charge in [0, 0.05) is 39.3 Å². The highest BCUT2D eigenvalue weighted by Crippen LogP contribution is 2.30. The molecule has 2 heterocycles. The number of hydrogen-bond acceptors (Lipinski definition) is 6. The number of H-pyrrole nitrogens is 1. The van der Waals surface area contributed by atoms with E-state index in [9.17, 15) is 14.4 Å². The lowest BCUT2D eigenvalue weighted by Crippen LogP contribution is -2.11. The second kappa shape index (κ2) is 9.11. The van der Waals surface area contributed by atoms with Crippen LogP contribution in [0.4, 0.5) is 17.1 Å². The number of rotatable bonds is 5. The summed E-state index contributed by atoms with van der Waals surface area (Å²) < 4.78 is 4.83. The Morgan fingerprint density at radius 2 is 1.60 bits per heavy atom. The van der Waals surface area contributed by atoms with E-state index in [2.05, 4.69) is 20.6 Å². The zero-order valence-electron chi connectivity index (χ0n) is 18.7. The largest absolute Gasteiger partial charge is 0.465 e. The molecule has 3 aromatic carbocycles. The van der Waals surface area contributed by atoms with Crippen LogP contribution in [0.5, 0.6) is 0 Å². The van der Waals surface area contributed by atoms with Crippen molar-refractivity contribution in [3.8, 4) is 0 Å². The Kier molecular flexibility index (Phi) is 5.68. The molecule has 0 unspecified atom stereocenters. The van der Waals surface area contributed by atoms with Crippen LogP contribution in [0.15, 0.2) is 89.9 Å². The van der Waals surface area contributed by atoms with Crippen molar-refractivity contribution < 1.29 is 14.3 Å². The number of ether oxygens (including phenoxy) is 1. The third-order valence-electron chi connectivity index (χ3n) is 5.60. The van der Waals surface area contributed by atoms with E-state index in [1.807, 2.05) is 30.3 Å². The lowest BCUT2D eigenvalue weighted by atomic mass is 10.0. The Bertz CT molecular complexity index is 1630. The number of fused-ring (bicyclic) bond motifs is 3. The predicted octanol–water partition coefficient (Wildman–Crippen LogP) is 4.86. The molecule has 0 aliphatic carbocycles. The van der Waals surface area contributed by atoms with Crippen LogP contribution in [0.3, 0.4) is 0 Å². The van der Waals surface area contributed by atoms with Crippen LogP contribution in [0.1, 0.15) is 20.7 Å². The molecule has 8 nitrogen and oxygen atoms in total. The van der Waals surface area contributed by atoms with Gasteiger partial charge in [-0.3, -0.25) is 9.59 Å². The molecule has 0 saturated carbocycles. The first kappa shape index (κ1) is 21.8. The van der Waals surface area contributed by atoms with Crippen LogP contribution in [-0.4, -0.2) is 29.0 Å². The number of hydrogen-bond donors (Lipinski definition) is 3. The second-order valence-electron chi connectivity index (χ2n) is 7.81. The Morgan fingerprint density at radius 3 is 2.34 bits per heavy atom. The number of methoxy groups -OCH3 is 1. The van der Waals surface area contributed by atoms with Crippen LogP contribution in [0.25, 0.3) is 21.8 Å². The van der Waals surface area contributed by atoms with Crippen molar-refractivity contribution in [3.05, 3.63) is 107 Å². The highest BCUT2D eigenvalue weighted by Gasteiger charge is 2.14. The van der Waals surface area contributed by atoms with Gasteiger partial charge in [0.1, 0.15) is 5.65 Å². The fourth-order valence-electron chi connectivity index (χ4n) is 3.89. The molecule has 8 heteroatoms. The van der Waals surface area contributed by atoms with Crippen molar-refractivity contribution in [2.75, 3.05) is 17.7 Å². The highest BCUT2D eigenvalue weighted by atomic mass is 16.5. The van der Waals surface area contributed by atoms with Crippen LogP contribution in [0.2, 0.25) is 0 Å². The Hall–Kier alpha value is -4.98. The Labute approximate surface area is 199 Å². The van der Waals surface area contributed by atoms with E-state index in [4.69, 9.17) is 4.74 Å². The Morgan fingerprint density at radius 1 is 0.857 bits per heavy atom. The maximum atomic E-state index is 12.6. The molecular formula is C27H20N4O4. The lowest BCUT2D eigenvalue weighted by molar-refractivity contribution is 0.0600. The van der Waals surface area contributed by atoms with Gasteiger partial charge in [-0.15, -0.1) is 0 Å². The van der Waals surface area contributed by atoms with E-state index >= 15 is 0 Å². The average Bonchev–Trinajstić information content (AvgIpc) is 2.89. The van der Waals surface area contributed by atoms with Gasteiger partial charge < -0.3 is 20.4 Å². The van der Waals surface area contributed by atoms with Crippen molar-refractivity contribution in [2.45, 2.75) is 0 Å². The maximum absolute atomic E-state index is 12.6. The van der Waals surface area contributed by atoms with Crippen molar-refractivity contribution >= 4 is 50.7 Å².